The van der Waals surface area contributed by atoms with E-state index in [0.29, 0.717) is 23.5 Å². The Hall–Kier alpha value is -3.30. The van der Waals surface area contributed by atoms with Gasteiger partial charge < -0.3 is 30.1 Å². The van der Waals surface area contributed by atoms with Crippen LogP contribution in [0.5, 0.6) is 5.75 Å². The number of nitrogens with one attached hydrogen (secondary N) is 2. The van der Waals surface area contributed by atoms with Crippen molar-refractivity contribution in [2.45, 2.75) is 79.0 Å². The molecular formula is C26H41N3O7. The Bertz CT molecular complexity index is 925. The van der Waals surface area contributed by atoms with Crippen molar-refractivity contribution in [3.63, 3.8) is 0 Å². The van der Waals surface area contributed by atoms with E-state index in [1.165, 1.54) is 18.1 Å². The normalized spacial score (nSPS) is 12.9. The fraction of sp³-hybridized carbons (Fsp3) is 0.615. The lowest BCUT2D eigenvalue weighted by atomic mass is 9.97. The summed E-state index contributed by atoms with van der Waals surface area (Å²) in [5, 5.41) is 15.0. The van der Waals surface area contributed by atoms with Gasteiger partial charge in [-0.3, -0.25) is 14.4 Å². The van der Waals surface area contributed by atoms with Crippen molar-refractivity contribution in [2.75, 3.05) is 20.2 Å². The molecule has 3 N–H and O–H groups in total. The monoisotopic (exact) mass is 507 g/mol. The van der Waals surface area contributed by atoms with Crippen molar-refractivity contribution in [3.8, 4) is 5.75 Å². The number of esters is 1. The highest BCUT2D eigenvalue weighted by atomic mass is 16.6. The second kappa shape index (κ2) is 13.7. The Morgan fingerprint density at radius 3 is 2.19 bits per heavy atom. The van der Waals surface area contributed by atoms with Gasteiger partial charge in [0.05, 0.1) is 7.11 Å². The molecule has 0 heterocycles. The van der Waals surface area contributed by atoms with Gasteiger partial charge in [0.15, 0.2) is 0 Å². The summed E-state index contributed by atoms with van der Waals surface area (Å²) in [6, 6.07) is 3.12. The van der Waals surface area contributed by atoms with Crippen LogP contribution in [0.15, 0.2) is 18.2 Å². The van der Waals surface area contributed by atoms with E-state index in [1.54, 1.807) is 39.8 Å². The first-order chi connectivity index (χ1) is 16.7. The minimum atomic E-state index is -1.12. The molecule has 1 aromatic rings. The average Bonchev–Trinajstić information content (AvgIpc) is 2.78. The van der Waals surface area contributed by atoms with Gasteiger partial charge in [0.25, 0.3) is 0 Å². The lowest BCUT2D eigenvalue weighted by Crippen LogP contribution is -2.51. The van der Waals surface area contributed by atoms with Gasteiger partial charge in [0, 0.05) is 6.04 Å². The standard InChI is InChI=1S/C26H41N3O7/c1-16(2)9-10-18(4)29(21(31)14-28-25(34)36-26(5,6)7)23(24(33)27-15-22(32)35-8)19-11-12-20(30)17(3)13-19/h11-13,16,18,23,30H,9-10,14-15H2,1-8H3,(H,27,33)(H,28,34). The molecule has 0 radical (unpaired) electrons. The summed E-state index contributed by atoms with van der Waals surface area (Å²) >= 11 is 0. The van der Waals surface area contributed by atoms with Gasteiger partial charge in [-0.25, -0.2) is 4.79 Å². The molecule has 2 atom stereocenters. The molecule has 0 saturated heterocycles. The molecule has 0 saturated carbocycles. The summed E-state index contributed by atoms with van der Waals surface area (Å²) in [5.74, 6) is -1.31. The molecule has 0 aromatic heterocycles. The molecular weight excluding hydrogens is 466 g/mol. The van der Waals surface area contributed by atoms with Crippen molar-refractivity contribution in [3.05, 3.63) is 29.3 Å². The first kappa shape index (κ1) is 30.7. The number of nitrogens with zero attached hydrogens (tertiary/aromatic N) is 1. The van der Waals surface area contributed by atoms with Crippen LogP contribution in [0.3, 0.4) is 0 Å². The molecule has 0 bridgehead atoms. The molecule has 1 aromatic carbocycles. The molecule has 202 valence electrons. The molecule has 0 aliphatic rings. The third-order valence-electron chi connectivity index (χ3n) is 5.41. The maximum atomic E-state index is 13.5. The highest BCUT2D eigenvalue weighted by Gasteiger charge is 2.35. The smallest absolute Gasteiger partial charge is 0.408 e. The number of phenols is 1. The minimum absolute atomic E-state index is 0.0461. The average molecular weight is 508 g/mol. The highest BCUT2D eigenvalue weighted by Crippen LogP contribution is 2.29. The summed E-state index contributed by atoms with van der Waals surface area (Å²) in [5.41, 5.74) is 0.235. The number of aromatic hydroxyl groups is 1. The predicted molar refractivity (Wildman–Crippen MR) is 135 cm³/mol. The molecule has 0 fully saturated rings. The maximum Gasteiger partial charge on any atom is 0.408 e. The molecule has 1 rings (SSSR count). The number of ether oxygens (including phenoxy) is 2. The number of methoxy groups -OCH3 is 1. The summed E-state index contributed by atoms with van der Waals surface area (Å²) in [6.07, 6.45) is 0.654. The lowest BCUT2D eigenvalue weighted by Gasteiger charge is -2.36. The van der Waals surface area contributed by atoms with Crippen molar-refractivity contribution in [2.24, 2.45) is 5.92 Å². The van der Waals surface area contributed by atoms with Crippen LogP contribution in [0.1, 0.15) is 71.6 Å². The van der Waals surface area contributed by atoms with Crippen LogP contribution in [0.25, 0.3) is 0 Å². The predicted octanol–water partition coefficient (Wildman–Crippen LogP) is 3.21. The van der Waals surface area contributed by atoms with Crippen LogP contribution in [0.2, 0.25) is 0 Å². The first-order valence-corrected chi connectivity index (χ1v) is 12.1. The summed E-state index contributed by atoms with van der Waals surface area (Å²) < 4.78 is 9.84. The van der Waals surface area contributed by atoms with Crippen molar-refractivity contribution in [1.82, 2.24) is 15.5 Å². The number of aryl methyl sites for hydroxylation is 1. The van der Waals surface area contributed by atoms with E-state index in [9.17, 15) is 24.3 Å². The second-order valence-electron chi connectivity index (χ2n) is 10.2. The number of carbonyl (C=O) groups is 4. The van der Waals surface area contributed by atoms with E-state index in [4.69, 9.17) is 4.74 Å². The maximum absolute atomic E-state index is 13.5. The van der Waals surface area contributed by atoms with E-state index < -0.39 is 42.1 Å². The molecule has 0 spiro atoms. The van der Waals surface area contributed by atoms with Crippen LogP contribution < -0.4 is 10.6 Å². The Labute approximate surface area is 213 Å². The number of hydrogen-bond donors (Lipinski definition) is 3. The van der Waals surface area contributed by atoms with Gasteiger partial charge in [0.2, 0.25) is 11.8 Å². The zero-order valence-corrected chi connectivity index (χ0v) is 22.6. The van der Waals surface area contributed by atoms with Crippen molar-refractivity contribution >= 4 is 23.9 Å². The molecule has 10 nitrogen and oxygen atoms in total. The van der Waals surface area contributed by atoms with Gasteiger partial charge in [-0.05, 0) is 76.6 Å². The number of carbonyl (C=O) groups excluding carboxylic acids is 4. The number of rotatable bonds is 11. The van der Waals surface area contributed by atoms with E-state index >= 15 is 0 Å². The van der Waals surface area contributed by atoms with Gasteiger partial charge in [-0.1, -0.05) is 19.9 Å². The number of phenolic OH excluding ortho intramolecular Hbond substituents is 1. The SMILES string of the molecule is COC(=O)CNC(=O)C(c1ccc(O)c(C)c1)N(C(=O)CNC(=O)OC(C)(C)C)C(C)CCC(C)C. The Morgan fingerprint density at radius 2 is 1.67 bits per heavy atom. The number of alkyl carbamates (subject to hydrolysis) is 1. The molecule has 0 aliphatic heterocycles. The highest BCUT2D eigenvalue weighted by molar-refractivity contribution is 5.92. The summed E-state index contributed by atoms with van der Waals surface area (Å²) in [6.45, 7) is 12.0. The molecule has 2 unspecified atom stereocenters. The van der Waals surface area contributed by atoms with Crippen LogP contribution in [0.4, 0.5) is 4.79 Å². The zero-order chi connectivity index (χ0) is 27.6. The van der Waals surface area contributed by atoms with E-state index in [2.05, 4.69) is 29.2 Å². The largest absolute Gasteiger partial charge is 0.508 e. The van der Waals surface area contributed by atoms with Gasteiger partial charge in [0.1, 0.15) is 30.5 Å². The Morgan fingerprint density at radius 1 is 1.03 bits per heavy atom. The van der Waals surface area contributed by atoms with Crippen LogP contribution >= 0.6 is 0 Å². The van der Waals surface area contributed by atoms with Crippen molar-refractivity contribution < 1.29 is 33.8 Å². The van der Waals surface area contributed by atoms with Gasteiger partial charge in [-0.15, -0.1) is 0 Å². The van der Waals surface area contributed by atoms with Crippen molar-refractivity contribution in [1.29, 1.82) is 0 Å². The van der Waals surface area contributed by atoms with Crippen LogP contribution in [0, 0.1) is 12.8 Å². The Balaban J connectivity index is 3.39. The third-order valence-corrected chi connectivity index (χ3v) is 5.41. The summed E-state index contributed by atoms with van der Waals surface area (Å²) in [4.78, 5) is 52.1. The molecule has 10 heteroatoms. The fourth-order valence-corrected chi connectivity index (χ4v) is 3.53. The first-order valence-electron chi connectivity index (χ1n) is 12.1. The fourth-order valence-electron chi connectivity index (χ4n) is 3.53. The third kappa shape index (κ3) is 10.1. The topological polar surface area (TPSA) is 134 Å². The van der Waals surface area contributed by atoms with Gasteiger partial charge >= 0.3 is 12.1 Å². The lowest BCUT2D eigenvalue weighted by molar-refractivity contribution is -0.145. The Kier molecular flexibility index (Phi) is 11.7. The summed E-state index contributed by atoms with van der Waals surface area (Å²) in [7, 11) is 1.21. The minimum Gasteiger partial charge on any atom is -0.508 e. The number of amides is 3. The quantitative estimate of drug-likeness (QED) is 0.392. The zero-order valence-electron chi connectivity index (χ0n) is 22.6. The molecule has 3 amide bonds. The van der Waals surface area contributed by atoms with E-state index in [-0.39, 0.29) is 18.3 Å². The molecule has 0 aliphatic carbocycles. The van der Waals surface area contributed by atoms with E-state index in [1.807, 2.05) is 6.92 Å². The van der Waals surface area contributed by atoms with Crippen LogP contribution in [-0.4, -0.2) is 65.7 Å². The number of benzene rings is 1. The second-order valence-corrected chi connectivity index (χ2v) is 10.2. The van der Waals surface area contributed by atoms with Gasteiger partial charge in [-0.2, -0.15) is 0 Å². The number of hydrogen-bond acceptors (Lipinski definition) is 7. The van der Waals surface area contributed by atoms with Crippen LogP contribution in [-0.2, 0) is 23.9 Å². The van der Waals surface area contributed by atoms with E-state index in [0.717, 1.165) is 6.42 Å². The molecule has 36 heavy (non-hydrogen) atoms.